The Labute approximate surface area is 174 Å². The first-order valence-electron chi connectivity index (χ1n) is 9.63. The van der Waals surface area contributed by atoms with E-state index in [1.807, 2.05) is 37.3 Å². The average Bonchev–Trinajstić information content (AvgIpc) is 3.16. The molecule has 0 aliphatic heterocycles. The fourth-order valence-electron chi connectivity index (χ4n) is 2.39. The van der Waals surface area contributed by atoms with Gasteiger partial charge in [-0.05, 0) is 37.2 Å². The van der Waals surface area contributed by atoms with Crippen molar-refractivity contribution >= 4 is 13.9 Å². The number of methoxy groups -OCH3 is 1. The lowest BCUT2D eigenvalue weighted by Crippen LogP contribution is -2.40. The first kappa shape index (κ1) is 23.0. The summed E-state index contributed by atoms with van der Waals surface area (Å²) in [5.74, 6) is 7.10. The zero-order chi connectivity index (χ0) is 21.7. The maximum Gasteiger partial charge on any atom is 0.226 e. The minimum atomic E-state index is -1.87. The third kappa shape index (κ3) is 5.83. The van der Waals surface area contributed by atoms with Gasteiger partial charge in [0, 0.05) is 11.1 Å². The SMILES string of the molecule is CO/C(=C(\C)c1cnc(-c2ccccc2)o1)C(O)C#CCO[Si](C)(C)C(C)(C)C. The predicted molar refractivity (Wildman–Crippen MR) is 118 cm³/mol. The van der Waals surface area contributed by atoms with E-state index in [2.05, 4.69) is 50.7 Å². The van der Waals surface area contributed by atoms with Crippen molar-refractivity contribution in [2.24, 2.45) is 0 Å². The van der Waals surface area contributed by atoms with Crippen LogP contribution in [0.2, 0.25) is 18.1 Å². The number of aliphatic hydroxyl groups excluding tert-OH is 1. The van der Waals surface area contributed by atoms with Crippen molar-refractivity contribution in [1.82, 2.24) is 4.98 Å². The molecule has 0 saturated carbocycles. The second-order valence-electron chi connectivity index (χ2n) is 8.36. The lowest BCUT2D eigenvalue weighted by Gasteiger charge is -2.35. The van der Waals surface area contributed by atoms with E-state index in [1.54, 1.807) is 6.20 Å². The van der Waals surface area contributed by atoms with E-state index < -0.39 is 14.4 Å². The molecule has 0 spiro atoms. The van der Waals surface area contributed by atoms with Gasteiger partial charge in [-0.3, -0.25) is 0 Å². The van der Waals surface area contributed by atoms with Gasteiger partial charge >= 0.3 is 0 Å². The Hall–Kier alpha value is -2.33. The number of hydrogen-bond donors (Lipinski definition) is 1. The van der Waals surface area contributed by atoms with Crippen LogP contribution in [0.4, 0.5) is 0 Å². The maximum atomic E-state index is 10.5. The van der Waals surface area contributed by atoms with Gasteiger partial charge < -0.3 is 18.7 Å². The molecule has 2 aromatic rings. The molecule has 6 heteroatoms. The minimum Gasteiger partial charge on any atom is -0.497 e. The molecule has 1 heterocycles. The Bertz CT molecular complexity index is 898. The molecule has 0 fully saturated rings. The average molecular weight is 414 g/mol. The van der Waals surface area contributed by atoms with Crippen molar-refractivity contribution in [2.75, 3.05) is 13.7 Å². The Morgan fingerprint density at radius 1 is 1.24 bits per heavy atom. The quantitative estimate of drug-likeness (QED) is 0.405. The molecule has 1 unspecified atom stereocenters. The topological polar surface area (TPSA) is 64.7 Å². The third-order valence-corrected chi connectivity index (χ3v) is 9.76. The van der Waals surface area contributed by atoms with Crippen molar-refractivity contribution in [3.63, 3.8) is 0 Å². The minimum absolute atomic E-state index is 0.115. The molecule has 0 saturated heterocycles. The summed E-state index contributed by atoms with van der Waals surface area (Å²) in [7, 11) is -0.363. The molecular formula is C23H31NO4Si. The number of allylic oxidation sites excluding steroid dienone is 1. The molecule has 2 rings (SSSR count). The number of nitrogens with zero attached hydrogens (tertiary/aromatic N) is 1. The smallest absolute Gasteiger partial charge is 0.226 e. The van der Waals surface area contributed by atoms with Crippen LogP contribution in [0.5, 0.6) is 0 Å². The van der Waals surface area contributed by atoms with Crippen LogP contribution in [0.3, 0.4) is 0 Å². The summed E-state index contributed by atoms with van der Waals surface area (Å²) >= 11 is 0. The largest absolute Gasteiger partial charge is 0.497 e. The van der Waals surface area contributed by atoms with Crippen LogP contribution in [-0.4, -0.2) is 38.2 Å². The van der Waals surface area contributed by atoms with Gasteiger partial charge in [-0.1, -0.05) is 50.8 Å². The van der Waals surface area contributed by atoms with E-state index in [0.717, 1.165) is 5.56 Å². The molecule has 29 heavy (non-hydrogen) atoms. The van der Waals surface area contributed by atoms with Crippen molar-refractivity contribution < 1.29 is 18.7 Å². The van der Waals surface area contributed by atoms with Gasteiger partial charge in [-0.15, -0.1) is 0 Å². The number of benzene rings is 1. The van der Waals surface area contributed by atoms with Gasteiger partial charge in [-0.25, -0.2) is 4.98 Å². The molecule has 0 amide bonds. The first-order chi connectivity index (χ1) is 13.6. The van der Waals surface area contributed by atoms with Crippen LogP contribution in [-0.2, 0) is 9.16 Å². The van der Waals surface area contributed by atoms with Crippen LogP contribution in [0.1, 0.15) is 33.5 Å². The number of ether oxygens (including phenoxy) is 1. The number of aliphatic hydroxyl groups is 1. The van der Waals surface area contributed by atoms with E-state index in [4.69, 9.17) is 13.6 Å². The summed E-state index contributed by atoms with van der Waals surface area (Å²) < 4.78 is 17.3. The van der Waals surface area contributed by atoms with Gasteiger partial charge in [-0.2, -0.15) is 0 Å². The highest BCUT2D eigenvalue weighted by molar-refractivity contribution is 6.74. The number of hydrogen-bond acceptors (Lipinski definition) is 5. The fourth-order valence-corrected chi connectivity index (χ4v) is 3.26. The van der Waals surface area contributed by atoms with E-state index >= 15 is 0 Å². The van der Waals surface area contributed by atoms with Crippen LogP contribution in [0.25, 0.3) is 17.0 Å². The number of oxazole rings is 1. The number of aromatic nitrogens is 1. The van der Waals surface area contributed by atoms with Crippen molar-refractivity contribution in [1.29, 1.82) is 0 Å². The van der Waals surface area contributed by atoms with Crippen LogP contribution >= 0.6 is 0 Å². The second kappa shape index (κ2) is 9.44. The zero-order valence-corrected chi connectivity index (χ0v) is 19.4. The maximum absolute atomic E-state index is 10.5. The van der Waals surface area contributed by atoms with Gasteiger partial charge in [0.05, 0.1) is 19.9 Å². The van der Waals surface area contributed by atoms with E-state index in [0.29, 0.717) is 23.0 Å². The molecular weight excluding hydrogens is 382 g/mol. The Morgan fingerprint density at radius 2 is 1.90 bits per heavy atom. The molecule has 156 valence electrons. The highest BCUT2D eigenvalue weighted by Crippen LogP contribution is 2.36. The second-order valence-corrected chi connectivity index (χ2v) is 13.2. The fraction of sp³-hybridized carbons (Fsp3) is 0.435. The molecule has 1 aromatic carbocycles. The summed E-state index contributed by atoms with van der Waals surface area (Å²) in [4.78, 5) is 4.32. The zero-order valence-electron chi connectivity index (χ0n) is 18.4. The van der Waals surface area contributed by atoms with Crippen molar-refractivity contribution in [3.05, 3.63) is 48.0 Å². The lowest BCUT2D eigenvalue weighted by atomic mass is 10.1. The Kier molecular flexibility index (Phi) is 7.47. The monoisotopic (exact) mass is 413 g/mol. The van der Waals surface area contributed by atoms with Crippen LogP contribution < -0.4 is 0 Å². The molecule has 5 nitrogen and oxygen atoms in total. The van der Waals surface area contributed by atoms with Gasteiger partial charge in [0.15, 0.2) is 20.2 Å². The normalized spacial score (nSPS) is 13.9. The summed E-state index contributed by atoms with van der Waals surface area (Å²) in [6, 6.07) is 9.63. The molecule has 1 atom stereocenters. The molecule has 1 N–H and O–H groups in total. The highest BCUT2D eigenvalue weighted by Gasteiger charge is 2.36. The van der Waals surface area contributed by atoms with Crippen LogP contribution in [0.15, 0.2) is 46.7 Å². The Morgan fingerprint density at radius 3 is 2.48 bits per heavy atom. The van der Waals surface area contributed by atoms with Gasteiger partial charge in [0.25, 0.3) is 0 Å². The Balaban J connectivity index is 2.14. The lowest BCUT2D eigenvalue weighted by molar-refractivity contribution is 0.168. The van der Waals surface area contributed by atoms with Crippen molar-refractivity contribution in [3.8, 4) is 23.3 Å². The van der Waals surface area contributed by atoms with Gasteiger partial charge in [0.2, 0.25) is 5.89 Å². The highest BCUT2D eigenvalue weighted by atomic mass is 28.4. The van der Waals surface area contributed by atoms with Gasteiger partial charge in [0.1, 0.15) is 5.76 Å². The molecule has 0 aliphatic rings. The van der Waals surface area contributed by atoms with E-state index in [1.165, 1.54) is 7.11 Å². The third-order valence-electron chi connectivity index (χ3n) is 5.28. The molecule has 0 radical (unpaired) electrons. The first-order valence-corrected chi connectivity index (χ1v) is 12.5. The number of rotatable bonds is 6. The van der Waals surface area contributed by atoms with Crippen LogP contribution in [0, 0.1) is 11.8 Å². The summed E-state index contributed by atoms with van der Waals surface area (Å²) in [5, 5.41) is 10.6. The summed E-state index contributed by atoms with van der Waals surface area (Å²) in [5.41, 5.74) is 1.53. The summed E-state index contributed by atoms with van der Waals surface area (Å²) in [6.07, 6.45) is 0.547. The molecule has 0 bridgehead atoms. The summed E-state index contributed by atoms with van der Waals surface area (Å²) in [6.45, 7) is 13.0. The van der Waals surface area contributed by atoms with E-state index in [9.17, 15) is 5.11 Å². The molecule has 0 aliphatic carbocycles. The molecule has 1 aromatic heterocycles. The van der Waals surface area contributed by atoms with E-state index in [-0.39, 0.29) is 11.6 Å². The predicted octanol–water partition coefficient (Wildman–Crippen LogP) is 5.11. The van der Waals surface area contributed by atoms with Crippen molar-refractivity contribution in [2.45, 2.75) is 51.9 Å². The standard InChI is InChI=1S/C23H31NO4Si/c1-17(20-16-24-22(28-20)18-12-9-8-10-13-18)21(26-5)19(25)14-11-15-27-29(6,7)23(2,3)4/h8-10,12-13,16,19,25H,15H2,1-7H3/b21-17+.